The molecule has 4 rings (SSSR count). The number of nitrogens with zero attached hydrogens (tertiary/aromatic N) is 3. The van der Waals surface area contributed by atoms with Crippen LogP contribution in [0.2, 0.25) is 0 Å². The maximum atomic E-state index is 12.7. The van der Waals surface area contributed by atoms with Crippen LogP contribution < -0.4 is 10.1 Å². The maximum absolute atomic E-state index is 12.7. The van der Waals surface area contributed by atoms with E-state index >= 15 is 0 Å². The zero-order valence-corrected chi connectivity index (χ0v) is 25.1. The molecule has 10 nitrogen and oxygen atoms in total. The predicted molar refractivity (Wildman–Crippen MR) is 160 cm³/mol. The number of amides is 1. The molecule has 2 N–H and O–H groups in total. The lowest BCUT2D eigenvalue weighted by molar-refractivity contribution is 0.0484. The number of benzene rings is 2. The number of ether oxygens (including phenoxy) is 3. The molecule has 1 atom stereocenters. The van der Waals surface area contributed by atoms with Crippen molar-refractivity contribution in [3.05, 3.63) is 72.2 Å². The molecule has 42 heavy (non-hydrogen) atoms. The van der Waals surface area contributed by atoms with Gasteiger partial charge in [0.05, 0.1) is 23.4 Å². The Morgan fingerprint density at radius 2 is 1.69 bits per heavy atom. The Bertz CT molecular complexity index is 1580. The summed E-state index contributed by atoms with van der Waals surface area (Å²) in [6.07, 6.45) is 2.65. The van der Waals surface area contributed by atoms with E-state index in [0.717, 1.165) is 22.1 Å². The predicted octanol–water partition coefficient (Wildman–Crippen LogP) is 6.41. The van der Waals surface area contributed by atoms with E-state index in [1.807, 2.05) is 58.0 Å². The topological polar surface area (TPSA) is 125 Å². The van der Waals surface area contributed by atoms with Gasteiger partial charge >= 0.3 is 12.2 Å². The highest BCUT2D eigenvalue weighted by atomic mass is 16.6. The minimum atomic E-state index is -0.651. The fourth-order valence-electron chi connectivity index (χ4n) is 4.34. The second-order valence-corrected chi connectivity index (χ2v) is 12.1. The smallest absolute Gasteiger partial charge is 0.435 e. The highest BCUT2D eigenvalue weighted by molar-refractivity contribution is 5.92. The summed E-state index contributed by atoms with van der Waals surface area (Å²) >= 11 is 0. The number of hydrogen-bond acceptors (Lipinski definition) is 8. The Hall–Kier alpha value is -4.60. The molecular formula is C32H38N4O6. The quantitative estimate of drug-likeness (QED) is 0.259. The fraction of sp³-hybridized carbons (Fsp3) is 0.375. The SMILES string of the molecule is Cc1nn(C(=O)OC(C)(C)C)c2ccc(-c3cncc(OC[C@H](Cc4cccc(O)c4)NC(=O)OC(C)(C)C)c3)cc12. The number of phenols is 1. The second kappa shape index (κ2) is 12.1. The first kappa shape index (κ1) is 30.4. The maximum Gasteiger partial charge on any atom is 0.435 e. The molecule has 0 fully saturated rings. The van der Waals surface area contributed by atoms with E-state index in [4.69, 9.17) is 14.2 Å². The third-order valence-corrected chi connectivity index (χ3v) is 6.04. The lowest BCUT2D eigenvalue weighted by Gasteiger charge is -2.24. The molecule has 222 valence electrons. The minimum Gasteiger partial charge on any atom is -0.508 e. The number of hydrogen-bond donors (Lipinski definition) is 2. The molecule has 0 aliphatic carbocycles. The molecule has 2 heterocycles. The fourth-order valence-corrected chi connectivity index (χ4v) is 4.34. The molecule has 0 saturated heterocycles. The van der Waals surface area contributed by atoms with Crippen LogP contribution in [0.25, 0.3) is 22.0 Å². The van der Waals surface area contributed by atoms with E-state index in [-0.39, 0.29) is 12.4 Å². The van der Waals surface area contributed by atoms with Crippen LogP contribution >= 0.6 is 0 Å². The molecular weight excluding hydrogens is 536 g/mol. The van der Waals surface area contributed by atoms with Crippen LogP contribution in [0.3, 0.4) is 0 Å². The highest BCUT2D eigenvalue weighted by Gasteiger charge is 2.23. The Morgan fingerprint density at radius 3 is 2.38 bits per heavy atom. The molecule has 0 spiro atoms. The summed E-state index contributed by atoms with van der Waals surface area (Å²) in [5.41, 5.74) is 2.57. The number of phenolic OH excluding ortho intramolecular Hbond substituents is 1. The Kier molecular flexibility index (Phi) is 8.75. The zero-order chi connectivity index (χ0) is 30.7. The van der Waals surface area contributed by atoms with Gasteiger partial charge in [0, 0.05) is 17.1 Å². The van der Waals surface area contributed by atoms with E-state index in [9.17, 15) is 14.7 Å². The molecule has 0 saturated carbocycles. The van der Waals surface area contributed by atoms with Gasteiger partial charge in [0.25, 0.3) is 0 Å². The van der Waals surface area contributed by atoms with Crippen LogP contribution in [0.4, 0.5) is 9.59 Å². The average Bonchev–Trinajstić information content (AvgIpc) is 3.21. The molecule has 0 bridgehead atoms. The van der Waals surface area contributed by atoms with Crippen molar-refractivity contribution in [2.45, 2.75) is 72.1 Å². The molecule has 1 amide bonds. The van der Waals surface area contributed by atoms with Gasteiger partial charge < -0.3 is 24.6 Å². The van der Waals surface area contributed by atoms with E-state index in [2.05, 4.69) is 15.4 Å². The molecule has 0 radical (unpaired) electrons. The summed E-state index contributed by atoms with van der Waals surface area (Å²) < 4.78 is 18.3. The zero-order valence-electron chi connectivity index (χ0n) is 25.1. The number of pyridine rings is 1. The number of carbonyl (C=O) groups is 2. The number of rotatable bonds is 7. The number of nitrogens with one attached hydrogen (secondary N) is 1. The van der Waals surface area contributed by atoms with Gasteiger partial charge in [-0.2, -0.15) is 9.78 Å². The van der Waals surface area contributed by atoms with Crippen molar-refractivity contribution in [2.24, 2.45) is 0 Å². The number of aromatic nitrogens is 3. The van der Waals surface area contributed by atoms with Gasteiger partial charge in [-0.1, -0.05) is 18.2 Å². The summed E-state index contributed by atoms with van der Waals surface area (Å²) in [5.74, 6) is 0.658. The third kappa shape index (κ3) is 8.22. The number of aromatic hydroxyl groups is 1. The summed E-state index contributed by atoms with van der Waals surface area (Å²) in [6.45, 7) is 12.8. The summed E-state index contributed by atoms with van der Waals surface area (Å²) in [4.78, 5) is 29.6. The van der Waals surface area contributed by atoms with Crippen molar-refractivity contribution >= 4 is 23.1 Å². The monoisotopic (exact) mass is 574 g/mol. The Balaban J connectivity index is 1.53. The first-order valence-electron chi connectivity index (χ1n) is 13.8. The Labute approximate surface area is 245 Å². The van der Waals surface area contributed by atoms with Crippen LogP contribution in [0.15, 0.2) is 60.9 Å². The highest BCUT2D eigenvalue weighted by Crippen LogP contribution is 2.28. The van der Waals surface area contributed by atoms with E-state index in [1.54, 1.807) is 51.4 Å². The van der Waals surface area contributed by atoms with Gasteiger partial charge in [0.1, 0.15) is 29.3 Å². The molecule has 0 unspecified atom stereocenters. The summed E-state index contributed by atoms with van der Waals surface area (Å²) in [7, 11) is 0. The van der Waals surface area contributed by atoms with Crippen molar-refractivity contribution in [1.29, 1.82) is 0 Å². The third-order valence-electron chi connectivity index (χ3n) is 6.04. The largest absolute Gasteiger partial charge is 0.508 e. The van der Waals surface area contributed by atoms with Gasteiger partial charge in [-0.25, -0.2) is 9.59 Å². The van der Waals surface area contributed by atoms with Gasteiger partial charge in [0.15, 0.2) is 0 Å². The van der Waals surface area contributed by atoms with Crippen molar-refractivity contribution in [2.75, 3.05) is 6.61 Å². The summed E-state index contributed by atoms with van der Waals surface area (Å²) in [6, 6.07) is 14.0. The molecule has 2 aromatic carbocycles. The minimum absolute atomic E-state index is 0.140. The number of fused-ring (bicyclic) bond motifs is 1. The van der Waals surface area contributed by atoms with Crippen molar-refractivity contribution in [3.8, 4) is 22.6 Å². The van der Waals surface area contributed by atoms with E-state index in [0.29, 0.717) is 23.4 Å². The van der Waals surface area contributed by atoms with Gasteiger partial charge in [-0.15, -0.1) is 0 Å². The second-order valence-electron chi connectivity index (χ2n) is 12.1. The van der Waals surface area contributed by atoms with Crippen molar-refractivity contribution in [3.63, 3.8) is 0 Å². The van der Waals surface area contributed by atoms with Crippen molar-refractivity contribution < 1.29 is 28.9 Å². The first-order chi connectivity index (χ1) is 19.7. The molecule has 10 heteroatoms. The summed E-state index contributed by atoms with van der Waals surface area (Å²) in [5, 5.41) is 18.0. The van der Waals surface area contributed by atoms with E-state index in [1.165, 1.54) is 4.68 Å². The number of carbonyl (C=O) groups excluding carboxylic acids is 2. The van der Waals surface area contributed by atoms with Gasteiger partial charge in [0.2, 0.25) is 0 Å². The molecule has 0 aliphatic heterocycles. The molecule has 2 aromatic heterocycles. The first-order valence-corrected chi connectivity index (χ1v) is 13.8. The van der Waals surface area contributed by atoms with Crippen LogP contribution in [0.5, 0.6) is 11.5 Å². The molecule has 4 aromatic rings. The van der Waals surface area contributed by atoms with Gasteiger partial charge in [-0.05, 0) is 96.3 Å². The van der Waals surface area contributed by atoms with Crippen LogP contribution in [-0.2, 0) is 15.9 Å². The lowest BCUT2D eigenvalue weighted by atomic mass is 10.0. The van der Waals surface area contributed by atoms with Crippen LogP contribution in [0, 0.1) is 6.92 Å². The van der Waals surface area contributed by atoms with E-state index < -0.39 is 29.4 Å². The normalized spacial score (nSPS) is 12.5. The standard InChI is InChI=1S/C32H38N4O6/c1-20-27-16-22(11-12-28(27)36(35-20)30(39)42-32(5,6)7)23-15-26(18-33-17-23)40-19-24(34-29(38)41-31(2,3)4)13-21-9-8-10-25(37)14-21/h8-12,14-18,24,37H,13,19H2,1-7H3,(H,34,38)/t24-/m0/s1. The van der Waals surface area contributed by atoms with Crippen molar-refractivity contribution in [1.82, 2.24) is 20.1 Å². The van der Waals surface area contributed by atoms with Crippen LogP contribution in [-0.4, -0.2) is 55.9 Å². The average molecular weight is 575 g/mol. The van der Waals surface area contributed by atoms with Gasteiger partial charge in [-0.3, -0.25) is 4.98 Å². The molecule has 0 aliphatic rings. The Morgan fingerprint density at radius 1 is 0.952 bits per heavy atom. The number of alkyl carbamates (subject to hydrolysis) is 1. The number of aryl methyl sites for hydroxylation is 1. The lowest BCUT2D eigenvalue weighted by Crippen LogP contribution is -2.43. The van der Waals surface area contributed by atoms with Crippen LogP contribution in [0.1, 0.15) is 52.8 Å².